The predicted molar refractivity (Wildman–Crippen MR) is 109 cm³/mol. The Morgan fingerprint density at radius 3 is 2.54 bits per heavy atom. The summed E-state index contributed by atoms with van der Waals surface area (Å²) in [6, 6.07) is 15.8. The van der Waals surface area contributed by atoms with Gasteiger partial charge in [0.25, 0.3) is 0 Å². The number of piperidine rings is 1. The average molecular weight is 372 g/mol. The minimum atomic E-state index is -0.0592. The van der Waals surface area contributed by atoms with Gasteiger partial charge in [0.2, 0.25) is 5.91 Å². The molecule has 0 saturated carbocycles. The van der Waals surface area contributed by atoms with E-state index >= 15 is 0 Å². The number of carbonyl (C=O) groups is 1. The number of likely N-dealkylation sites (N-methyl/N-ethyl adjacent to an activating group) is 1. The number of halogens is 1. The largest absolute Gasteiger partial charge is 0.371 e. The SMILES string of the molecule is CN(CC(=O)Nc1ccccc1Cl)Cc1ccccc1N1CCCCC1. The molecule has 0 unspecified atom stereocenters. The van der Waals surface area contributed by atoms with Crippen molar-refractivity contribution in [1.82, 2.24) is 4.90 Å². The first kappa shape index (κ1) is 18.7. The Bertz CT molecular complexity index is 744. The Balaban J connectivity index is 1.60. The van der Waals surface area contributed by atoms with Crippen LogP contribution in [0.3, 0.4) is 0 Å². The minimum absolute atomic E-state index is 0.0592. The lowest BCUT2D eigenvalue weighted by Crippen LogP contribution is -2.33. The van der Waals surface area contributed by atoms with Gasteiger partial charge >= 0.3 is 0 Å². The van der Waals surface area contributed by atoms with Crippen LogP contribution in [0.5, 0.6) is 0 Å². The third-order valence-corrected chi connectivity index (χ3v) is 5.02. The Morgan fingerprint density at radius 2 is 1.77 bits per heavy atom. The molecule has 138 valence electrons. The fraction of sp³-hybridized carbons (Fsp3) is 0.381. The molecule has 5 heteroatoms. The van der Waals surface area contributed by atoms with Crippen LogP contribution >= 0.6 is 11.6 Å². The van der Waals surface area contributed by atoms with Gasteiger partial charge in [0.1, 0.15) is 0 Å². The van der Waals surface area contributed by atoms with Gasteiger partial charge in [-0.25, -0.2) is 0 Å². The van der Waals surface area contributed by atoms with Crippen molar-refractivity contribution < 1.29 is 4.79 Å². The van der Waals surface area contributed by atoms with Gasteiger partial charge in [-0.1, -0.05) is 41.9 Å². The van der Waals surface area contributed by atoms with Crippen molar-refractivity contribution >= 4 is 28.9 Å². The summed E-state index contributed by atoms with van der Waals surface area (Å²) in [6.45, 7) is 3.30. The molecule has 0 spiro atoms. The quantitative estimate of drug-likeness (QED) is 0.817. The number of anilines is 2. The van der Waals surface area contributed by atoms with Gasteiger partial charge in [0.05, 0.1) is 17.3 Å². The molecule has 26 heavy (non-hydrogen) atoms. The second-order valence-corrected chi connectivity index (χ2v) is 7.28. The number of benzene rings is 2. The van der Waals surface area contributed by atoms with Crippen LogP contribution in [-0.2, 0) is 11.3 Å². The van der Waals surface area contributed by atoms with E-state index in [1.165, 1.54) is 30.5 Å². The molecule has 1 heterocycles. The van der Waals surface area contributed by atoms with Crippen molar-refractivity contribution in [3.8, 4) is 0 Å². The maximum atomic E-state index is 12.3. The van der Waals surface area contributed by atoms with Crippen molar-refractivity contribution in [2.45, 2.75) is 25.8 Å². The van der Waals surface area contributed by atoms with Crippen molar-refractivity contribution in [2.24, 2.45) is 0 Å². The lowest BCUT2D eigenvalue weighted by molar-refractivity contribution is -0.117. The zero-order valence-electron chi connectivity index (χ0n) is 15.2. The summed E-state index contributed by atoms with van der Waals surface area (Å²) in [6.07, 6.45) is 3.83. The highest BCUT2D eigenvalue weighted by Crippen LogP contribution is 2.25. The van der Waals surface area contributed by atoms with Crippen LogP contribution in [0.2, 0.25) is 5.02 Å². The first-order valence-electron chi connectivity index (χ1n) is 9.19. The second kappa shape index (κ2) is 9.06. The fourth-order valence-corrected chi connectivity index (χ4v) is 3.61. The molecule has 2 aromatic carbocycles. The molecule has 2 aromatic rings. The van der Waals surface area contributed by atoms with Gasteiger partial charge in [0.15, 0.2) is 0 Å². The monoisotopic (exact) mass is 371 g/mol. The molecule has 1 fully saturated rings. The number of hydrogen-bond donors (Lipinski definition) is 1. The van der Waals surface area contributed by atoms with Crippen molar-refractivity contribution in [3.05, 3.63) is 59.1 Å². The molecule has 1 aliphatic heterocycles. The summed E-state index contributed by atoms with van der Waals surface area (Å²) in [7, 11) is 1.97. The molecular formula is C21H26ClN3O. The normalized spacial score (nSPS) is 14.5. The Labute approximate surface area is 160 Å². The average Bonchev–Trinajstić information content (AvgIpc) is 2.64. The molecule has 4 nitrogen and oxygen atoms in total. The van der Waals surface area contributed by atoms with Gasteiger partial charge in [-0.3, -0.25) is 9.69 Å². The van der Waals surface area contributed by atoms with E-state index in [0.717, 1.165) is 19.6 Å². The highest BCUT2D eigenvalue weighted by Gasteiger charge is 2.16. The maximum absolute atomic E-state index is 12.3. The van der Waals surface area contributed by atoms with Crippen LogP contribution in [0.1, 0.15) is 24.8 Å². The van der Waals surface area contributed by atoms with E-state index in [2.05, 4.69) is 34.5 Å². The first-order valence-corrected chi connectivity index (χ1v) is 9.57. The zero-order valence-corrected chi connectivity index (χ0v) is 16.0. The minimum Gasteiger partial charge on any atom is -0.371 e. The summed E-state index contributed by atoms with van der Waals surface area (Å²) in [5, 5.41) is 3.44. The molecule has 1 aliphatic rings. The molecule has 0 bridgehead atoms. The van der Waals surface area contributed by atoms with Crippen molar-refractivity contribution in [1.29, 1.82) is 0 Å². The number of nitrogens with one attached hydrogen (secondary N) is 1. The Hall–Kier alpha value is -2.04. The van der Waals surface area contributed by atoms with E-state index in [0.29, 0.717) is 17.3 Å². The molecule has 3 rings (SSSR count). The number of para-hydroxylation sites is 2. The van der Waals surface area contributed by atoms with Crippen LogP contribution in [0.15, 0.2) is 48.5 Å². The summed E-state index contributed by atoms with van der Waals surface area (Å²) in [5.41, 5.74) is 3.22. The van der Waals surface area contributed by atoms with E-state index in [1.54, 1.807) is 6.07 Å². The third kappa shape index (κ3) is 4.99. The topological polar surface area (TPSA) is 35.6 Å². The lowest BCUT2D eigenvalue weighted by Gasteiger charge is -2.31. The smallest absolute Gasteiger partial charge is 0.238 e. The van der Waals surface area contributed by atoms with Gasteiger partial charge in [-0.05, 0) is 50.1 Å². The van der Waals surface area contributed by atoms with E-state index in [1.807, 2.05) is 30.1 Å². The number of amides is 1. The predicted octanol–water partition coefficient (Wildman–Crippen LogP) is 4.40. The number of nitrogens with zero attached hydrogens (tertiary/aromatic N) is 2. The first-order chi connectivity index (χ1) is 12.6. The maximum Gasteiger partial charge on any atom is 0.238 e. The van der Waals surface area contributed by atoms with E-state index < -0.39 is 0 Å². The van der Waals surface area contributed by atoms with E-state index in [9.17, 15) is 4.79 Å². The summed E-state index contributed by atoms with van der Waals surface area (Å²) in [5.74, 6) is -0.0592. The van der Waals surface area contributed by atoms with E-state index in [4.69, 9.17) is 11.6 Å². The molecule has 1 amide bonds. The molecule has 0 aromatic heterocycles. The summed E-state index contributed by atoms with van der Waals surface area (Å²) < 4.78 is 0. The van der Waals surface area contributed by atoms with E-state index in [-0.39, 0.29) is 5.91 Å². The van der Waals surface area contributed by atoms with Gasteiger partial charge < -0.3 is 10.2 Å². The summed E-state index contributed by atoms with van der Waals surface area (Å²) in [4.78, 5) is 16.8. The fourth-order valence-electron chi connectivity index (χ4n) is 3.43. The molecule has 0 atom stereocenters. The number of hydrogen-bond acceptors (Lipinski definition) is 3. The van der Waals surface area contributed by atoms with Crippen LogP contribution in [0.4, 0.5) is 11.4 Å². The lowest BCUT2D eigenvalue weighted by atomic mass is 10.1. The number of carbonyl (C=O) groups excluding carboxylic acids is 1. The zero-order chi connectivity index (χ0) is 18.4. The molecule has 0 aliphatic carbocycles. The molecular weight excluding hydrogens is 346 g/mol. The third-order valence-electron chi connectivity index (χ3n) is 4.69. The standard InChI is InChI=1S/C21H26ClN3O/c1-24(16-21(26)23-19-11-5-4-10-18(19)22)15-17-9-3-6-12-20(17)25-13-7-2-8-14-25/h3-6,9-12H,2,7-8,13-16H2,1H3,(H,23,26). The molecule has 1 N–H and O–H groups in total. The van der Waals surface area contributed by atoms with Crippen LogP contribution in [0.25, 0.3) is 0 Å². The van der Waals surface area contributed by atoms with Crippen molar-refractivity contribution in [3.63, 3.8) is 0 Å². The molecule has 0 radical (unpaired) electrons. The Morgan fingerprint density at radius 1 is 1.08 bits per heavy atom. The highest BCUT2D eigenvalue weighted by atomic mass is 35.5. The highest BCUT2D eigenvalue weighted by molar-refractivity contribution is 6.33. The molecule has 1 saturated heterocycles. The van der Waals surface area contributed by atoms with Gasteiger partial charge in [-0.2, -0.15) is 0 Å². The van der Waals surface area contributed by atoms with Gasteiger partial charge in [0, 0.05) is 25.3 Å². The Kier molecular flexibility index (Phi) is 6.53. The van der Waals surface area contributed by atoms with Crippen molar-refractivity contribution in [2.75, 3.05) is 36.9 Å². The number of rotatable bonds is 6. The summed E-state index contributed by atoms with van der Waals surface area (Å²) >= 11 is 6.11. The second-order valence-electron chi connectivity index (χ2n) is 6.88. The van der Waals surface area contributed by atoms with Crippen LogP contribution < -0.4 is 10.2 Å². The van der Waals surface area contributed by atoms with Gasteiger partial charge in [-0.15, -0.1) is 0 Å². The van der Waals surface area contributed by atoms with Crippen LogP contribution in [0, 0.1) is 0 Å². The van der Waals surface area contributed by atoms with Crippen LogP contribution in [-0.4, -0.2) is 37.5 Å².